The van der Waals surface area contributed by atoms with E-state index in [1.807, 2.05) is 0 Å². The fraction of sp³-hybridized carbons (Fsp3) is 0. The van der Waals surface area contributed by atoms with Gasteiger partial charge in [0.1, 0.15) is 6.26 Å². The van der Waals surface area contributed by atoms with Gasteiger partial charge in [0.25, 0.3) is 0 Å². The maximum absolute atomic E-state index is 9.81. The quantitative estimate of drug-likeness (QED) is 0.475. The normalized spacial score (nSPS) is 7.43. The molecule has 0 aliphatic carbocycles. The predicted molar refractivity (Wildman–Crippen MR) is 24.5 cm³/mol. The first-order chi connectivity index (χ1) is 2.89. The van der Waals surface area contributed by atoms with Gasteiger partial charge < -0.3 is 0 Å². The van der Waals surface area contributed by atoms with E-state index < -0.39 is 5.63 Å². The fourth-order valence-electron chi connectivity index (χ4n) is 0.186. The minimum Gasteiger partial charge on any atom is -0.294 e. The lowest BCUT2D eigenvalue weighted by atomic mass is 10.8. The molecule has 0 unspecified atom stereocenters. The lowest BCUT2D eigenvalue weighted by molar-refractivity contribution is 0.0488. The zero-order chi connectivity index (χ0) is 4.41. The van der Waals surface area contributed by atoms with Crippen molar-refractivity contribution in [3.8, 4) is 0 Å². The Hall–Kier alpha value is -0.700. The summed E-state index contributed by atoms with van der Waals surface area (Å²) in [6, 6.07) is 1.19. The molecular weight excluding hydrogens is 119 g/mol. The van der Waals surface area contributed by atoms with E-state index in [0.717, 1.165) is 0 Å². The highest BCUT2D eigenvalue weighted by atomic mass is 35.5. The van der Waals surface area contributed by atoms with E-state index in [0.29, 0.717) is 0 Å². The van der Waals surface area contributed by atoms with Gasteiger partial charge >= 0.3 is 5.63 Å². The second kappa shape index (κ2) is 2.47. The first-order valence-corrected chi connectivity index (χ1v) is 1.43. The molecule has 0 atom stereocenters. The molecule has 0 spiro atoms. The molecule has 0 fully saturated rings. The topological polar surface area (TPSA) is 43.4 Å². The Bertz CT molecular complexity index is 148. The summed E-state index contributed by atoms with van der Waals surface area (Å²) in [4.78, 5) is 9.81. The molecule has 0 bridgehead atoms. The van der Waals surface area contributed by atoms with Crippen LogP contribution < -0.4 is 5.63 Å². The zero-order valence-electron chi connectivity index (χ0n) is 3.29. The molecule has 3 nitrogen and oxygen atoms in total. The molecule has 40 valence electrons. The summed E-state index contributed by atoms with van der Waals surface area (Å²) in [6.45, 7) is 0. The van der Waals surface area contributed by atoms with Crippen LogP contribution in [0.25, 0.3) is 0 Å². The summed E-state index contributed by atoms with van der Waals surface area (Å²) in [6.07, 6.45) is 1.18. The van der Waals surface area contributed by atoms with Gasteiger partial charge in [-0.1, -0.05) is 0 Å². The highest BCUT2D eigenvalue weighted by Crippen LogP contribution is 1.70. The fourth-order valence-corrected chi connectivity index (χ4v) is 0.186. The zero-order valence-corrected chi connectivity index (χ0v) is 4.10. The van der Waals surface area contributed by atoms with Crippen LogP contribution in [-0.2, 0) is 0 Å². The van der Waals surface area contributed by atoms with Crippen LogP contribution in [0.1, 0.15) is 0 Å². The minimum atomic E-state index is -0.449. The molecule has 0 aromatic carbocycles. The van der Waals surface area contributed by atoms with E-state index in [2.05, 4.69) is 9.15 Å². The van der Waals surface area contributed by atoms with Crippen LogP contribution in [0.5, 0.6) is 0 Å². The van der Waals surface area contributed by atoms with Gasteiger partial charge in [-0.15, -0.1) is 12.4 Å². The lowest BCUT2D eigenvalue weighted by Gasteiger charge is -1.51. The summed E-state index contributed by atoms with van der Waals surface area (Å²) < 4.78 is 7.93. The van der Waals surface area contributed by atoms with Crippen LogP contribution >= 0.6 is 12.4 Å². The Labute approximate surface area is 45.3 Å². The van der Waals surface area contributed by atoms with Crippen LogP contribution in [0.3, 0.4) is 0 Å². The first kappa shape index (κ1) is 6.30. The molecule has 1 aromatic heterocycles. The molecule has 4 heteroatoms. The van der Waals surface area contributed by atoms with Gasteiger partial charge in [-0.05, 0) is 0 Å². The van der Waals surface area contributed by atoms with Gasteiger partial charge in [0, 0.05) is 0 Å². The molecule has 0 aliphatic heterocycles. The standard InChI is InChI=1S/C3H2O3.ClH/c4-3-1-2-5-6-3;/h1-2H;1H. The maximum atomic E-state index is 9.81. The number of halogens is 1. The van der Waals surface area contributed by atoms with Crippen LogP contribution in [0, 0.1) is 0 Å². The average Bonchev–Trinajstić information content (AvgIpc) is 1.86. The van der Waals surface area contributed by atoms with Crippen molar-refractivity contribution in [1.82, 2.24) is 0 Å². The SMILES string of the molecule is Cl.O=c1ccoo1. The second-order valence-electron chi connectivity index (χ2n) is 0.801. The molecular formula is C3H3ClO3. The predicted octanol–water partition coefficient (Wildman–Crippen LogP) is 0.655. The summed E-state index contributed by atoms with van der Waals surface area (Å²) in [5.74, 6) is 0. The Morgan fingerprint density at radius 3 is 2.43 bits per heavy atom. The van der Waals surface area contributed by atoms with Gasteiger partial charge in [-0.25, -0.2) is 9.37 Å². The highest BCUT2D eigenvalue weighted by molar-refractivity contribution is 5.85. The van der Waals surface area contributed by atoms with Gasteiger partial charge in [0.2, 0.25) is 0 Å². The Balaban J connectivity index is 0.000000360. The third kappa shape index (κ3) is 1.45. The lowest BCUT2D eigenvalue weighted by Crippen LogP contribution is -1.83. The molecule has 0 N–H and O–H groups in total. The molecule has 0 aliphatic rings. The minimum absolute atomic E-state index is 0. The number of hydrogen-bond acceptors (Lipinski definition) is 3. The summed E-state index contributed by atoms with van der Waals surface area (Å²) >= 11 is 0. The molecule has 0 amide bonds. The molecule has 1 aromatic rings. The smallest absolute Gasteiger partial charge is 0.294 e. The van der Waals surface area contributed by atoms with E-state index >= 15 is 0 Å². The van der Waals surface area contributed by atoms with E-state index in [1.165, 1.54) is 12.3 Å². The van der Waals surface area contributed by atoms with Crippen LogP contribution in [0.15, 0.2) is 26.3 Å². The van der Waals surface area contributed by atoms with Gasteiger partial charge in [-0.2, -0.15) is 0 Å². The molecule has 1 heterocycles. The summed E-state index contributed by atoms with van der Waals surface area (Å²) in [5.41, 5.74) is -0.449. The average molecular weight is 123 g/mol. The van der Waals surface area contributed by atoms with Gasteiger partial charge in [0.15, 0.2) is 0 Å². The van der Waals surface area contributed by atoms with Gasteiger partial charge in [0.05, 0.1) is 6.07 Å². The van der Waals surface area contributed by atoms with E-state index in [-0.39, 0.29) is 12.4 Å². The van der Waals surface area contributed by atoms with Crippen molar-refractivity contribution in [3.05, 3.63) is 22.7 Å². The van der Waals surface area contributed by atoms with E-state index in [1.54, 1.807) is 0 Å². The molecule has 0 radical (unpaired) electrons. The van der Waals surface area contributed by atoms with Gasteiger partial charge in [-0.3, -0.25) is 4.58 Å². The Kier molecular flexibility index (Phi) is 2.22. The van der Waals surface area contributed by atoms with Crippen molar-refractivity contribution < 1.29 is 9.15 Å². The summed E-state index contributed by atoms with van der Waals surface area (Å²) in [5, 5.41) is 0. The number of hydrogen-bond donors (Lipinski definition) is 0. The molecule has 0 saturated heterocycles. The van der Waals surface area contributed by atoms with Crippen LogP contribution in [0.2, 0.25) is 0 Å². The van der Waals surface area contributed by atoms with Crippen molar-refractivity contribution in [2.45, 2.75) is 0 Å². The Morgan fingerprint density at radius 2 is 2.29 bits per heavy atom. The third-order valence-corrected chi connectivity index (χ3v) is 0.390. The largest absolute Gasteiger partial charge is 0.382 e. The van der Waals surface area contributed by atoms with Crippen molar-refractivity contribution in [1.29, 1.82) is 0 Å². The monoisotopic (exact) mass is 122 g/mol. The number of rotatable bonds is 0. The molecule has 1 rings (SSSR count). The third-order valence-electron chi connectivity index (χ3n) is 0.390. The highest BCUT2D eigenvalue weighted by Gasteiger charge is 1.77. The molecule has 0 saturated carbocycles. The summed E-state index contributed by atoms with van der Waals surface area (Å²) in [7, 11) is 0. The maximum Gasteiger partial charge on any atom is 0.382 e. The first-order valence-electron chi connectivity index (χ1n) is 1.43. The second-order valence-corrected chi connectivity index (χ2v) is 0.801. The van der Waals surface area contributed by atoms with Crippen molar-refractivity contribution in [2.75, 3.05) is 0 Å². The van der Waals surface area contributed by atoms with Crippen molar-refractivity contribution in [3.63, 3.8) is 0 Å². The van der Waals surface area contributed by atoms with E-state index in [4.69, 9.17) is 0 Å². The van der Waals surface area contributed by atoms with Crippen molar-refractivity contribution >= 4 is 12.4 Å². The van der Waals surface area contributed by atoms with E-state index in [9.17, 15) is 4.79 Å². The Morgan fingerprint density at radius 1 is 1.57 bits per heavy atom. The molecule has 7 heavy (non-hydrogen) atoms. The van der Waals surface area contributed by atoms with Crippen LogP contribution in [0.4, 0.5) is 0 Å². The van der Waals surface area contributed by atoms with Crippen LogP contribution in [-0.4, -0.2) is 0 Å². The van der Waals surface area contributed by atoms with Crippen molar-refractivity contribution in [2.24, 2.45) is 0 Å².